The fourth-order valence-electron chi connectivity index (χ4n) is 6.37. The van der Waals surface area contributed by atoms with Crippen molar-refractivity contribution in [3.8, 4) is 5.75 Å². The molecule has 2 aromatic carbocycles. The third-order valence-corrected chi connectivity index (χ3v) is 13.9. The fraction of sp³-hybridized carbons (Fsp3) is 0.630. The molecule has 1 heterocycles. The second-order valence-corrected chi connectivity index (χ2v) is 15.5. The summed E-state index contributed by atoms with van der Waals surface area (Å²) in [6.45, 7) is 2.69. The molecule has 2 aromatic rings. The number of unbranched alkanes of at least 4 members (excludes halogenated alkanes) is 1. The van der Waals surface area contributed by atoms with Crippen LogP contribution in [0, 0.1) is 17.8 Å². The number of rotatable bonds is 10. The molecule has 5 rings (SSSR count). The average molecular weight is 527 g/mol. The van der Waals surface area contributed by atoms with Crippen LogP contribution < -0.4 is 4.74 Å². The summed E-state index contributed by atoms with van der Waals surface area (Å²) in [5.74, 6) is 2.19. The smallest absolute Gasteiger partial charge is 0.371 e. The van der Waals surface area contributed by atoms with Crippen molar-refractivity contribution in [1.29, 1.82) is 0 Å². The van der Waals surface area contributed by atoms with E-state index in [1.54, 1.807) is 0 Å². The lowest BCUT2D eigenvalue weighted by atomic mass is 9.86. The van der Waals surface area contributed by atoms with E-state index in [1.165, 1.54) is 0 Å². The van der Waals surface area contributed by atoms with Gasteiger partial charge in [-0.05, 0) is 73.8 Å². The summed E-state index contributed by atoms with van der Waals surface area (Å²) >= 11 is 0. The van der Waals surface area contributed by atoms with Gasteiger partial charge in [0.15, 0.2) is 0 Å². The molecule has 2 aliphatic carbocycles. The minimum Gasteiger partial charge on any atom is -0.493 e. The summed E-state index contributed by atoms with van der Waals surface area (Å²) in [7, 11) is -7.49. The summed E-state index contributed by atoms with van der Waals surface area (Å²) in [4.78, 5) is 0.743. The first-order valence-corrected chi connectivity index (χ1v) is 16.3. The number of alkyl halides is 2. The number of hydrogen-bond acceptors (Lipinski definition) is 4. The monoisotopic (exact) mass is 526 g/mol. The maximum atomic E-state index is 15.3. The number of halogens is 2. The van der Waals surface area contributed by atoms with E-state index in [0.717, 1.165) is 72.8 Å². The summed E-state index contributed by atoms with van der Waals surface area (Å²) < 4.78 is 68.8. The summed E-state index contributed by atoms with van der Waals surface area (Å²) in [5.41, 5.74) is 0. The Morgan fingerprint density at radius 2 is 1.77 bits per heavy atom. The van der Waals surface area contributed by atoms with Crippen LogP contribution in [0.25, 0.3) is 10.8 Å². The molecule has 2 saturated carbocycles. The molecule has 4 nitrogen and oxygen atoms in total. The second-order valence-electron chi connectivity index (χ2n) is 10.5. The van der Waals surface area contributed by atoms with Gasteiger partial charge in [-0.15, -0.1) is 0 Å². The Morgan fingerprint density at radius 1 is 1.03 bits per heavy atom. The quantitative estimate of drug-likeness (QED) is 0.298. The molecule has 8 heteroatoms. The first kappa shape index (κ1) is 25.3. The van der Waals surface area contributed by atoms with Crippen LogP contribution in [-0.4, -0.2) is 31.8 Å². The Kier molecular flexibility index (Phi) is 7.09. The van der Waals surface area contributed by atoms with Crippen LogP contribution in [-0.2, 0) is 13.7 Å². The molecule has 1 saturated heterocycles. The van der Waals surface area contributed by atoms with Crippen LogP contribution in [0.5, 0.6) is 5.75 Å². The molecule has 0 spiro atoms. The predicted molar refractivity (Wildman–Crippen MR) is 138 cm³/mol. The van der Waals surface area contributed by atoms with Gasteiger partial charge < -0.3 is 4.74 Å². The molecule has 3 aliphatic rings. The van der Waals surface area contributed by atoms with E-state index in [9.17, 15) is 8.42 Å². The lowest BCUT2D eigenvalue weighted by Gasteiger charge is -2.37. The van der Waals surface area contributed by atoms with Crippen LogP contribution >= 0.6 is 10.3 Å². The van der Waals surface area contributed by atoms with E-state index in [1.807, 2.05) is 36.4 Å². The van der Waals surface area contributed by atoms with E-state index >= 15 is 8.78 Å². The van der Waals surface area contributed by atoms with Crippen LogP contribution in [0.15, 0.2) is 41.3 Å². The first-order valence-electron chi connectivity index (χ1n) is 13.0. The minimum atomic E-state index is -5.08. The van der Waals surface area contributed by atoms with Gasteiger partial charge in [-0.3, -0.25) is 0 Å². The Labute approximate surface area is 209 Å². The zero-order chi connectivity index (χ0) is 24.7. The Bertz CT molecular complexity index is 1160. The number of benzene rings is 2. The van der Waals surface area contributed by atoms with Crippen molar-refractivity contribution in [2.75, 3.05) is 18.1 Å². The van der Waals surface area contributed by atoms with Crippen LogP contribution in [0.4, 0.5) is 8.78 Å². The normalized spacial score (nSPS) is 26.9. The molecule has 3 atom stereocenters. The van der Waals surface area contributed by atoms with Crippen LogP contribution in [0.3, 0.4) is 0 Å². The third kappa shape index (κ3) is 4.82. The van der Waals surface area contributed by atoms with Gasteiger partial charge in [-0.25, -0.2) is 3.63 Å². The highest BCUT2D eigenvalue weighted by Gasteiger charge is 2.54. The van der Waals surface area contributed by atoms with Crippen molar-refractivity contribution >= 4 is 31.2 Å². The maximum absolute atomic E-state index is 15.3. The van der Waals surface area contributed by atoms with Crippen molar-refractivity contribution < 1.29 is 25.6 Å². The fourth-order valence-corrected chi connectivity index (χ4v) is 12.3. The SMILES string of the molecule is CCCCOc1ccc(S2(OS(=O)(=O)C(F)(F)CC3CC4CCC3C4)CCCC2)c2ccccc12. The molecular formula is C27H36F2O4S2. The molecule has 0 N–H and O–H groups in total. The molecule has 0 amide bonds. The molecule has 3 unspecified atom stereocenters. The first-order chi connectivity index (χ1) is 16.7. The molecule has 0 aromatic heterocycles. The van der Waals surface area contributed by atoms with Gasteiger partial charge in [0.1, 0.15) is 5.75 Å². The molecule has 3 fully saturated rings. The molecule has 0 radical (unpaired) electrons. The molecule has 1 aliphatic heterocycles. The number of hydrogen-bond donors (Lipinski definition) is 0. The highest BCUT2D eigenvalue weighted by Crippen LogP contribution is 2.65. The van der Waals surface area contributed by atoms with Gasteiger partial charge in [0.05, 0.1) is 6.61 Å². The van der Waals surface area contributed by atoms with Gasteiger partial charge in [0.25, 0.3) is 0 Å². The zero-order valence-corrected chi connectivity index (χ0v) is 22.0. The largest absolute Gasteiger partial charge is 0.493 e. The van der Waals surface area contributed by atoms with E-state index in [4.69, 9.17) is 8.37 Å². The standard InChI is InChI=1S/C27H36F2O4S2/c1-2-3-14-32-25-12-13-26(24-9-5-4-8-23(24)25)34(15-6-7-16-34)33-35(30,31)27(28,29)19-22-18-20-10-11-21(22)17-20/h4-5,8-9,12-13,20-22H,2-3,6-7,10-11,14-19H2,1H3. The summed E-state index contributed by atoms with van der Waals surface area (Å²) in [6, 6.07) is 11.4. The van der Waals surface area contributed by atoms with Crippen molar-refractivity contribution in [3.05, 3.63) is 36.4 Å². The topological polar surface area (TPSA) is 52.6 Å². The van der Waals surface area contributed by atoms with E-state index in [-0.39, 0.29) is 11.8 Å². The highest BCUT2D eigenvalue weighted by atomic mass is 32.3. The highest BCUT2D eigenvalue weighted by molar-refractivity contribution is 8.33. The third-order valence-electron chi connectivity index (χ3n) is 8.17. The number of fused-ring (bicyclic) bond motifs is 3. The molecule has 35 heavy (non-hydrogen) atoms. The van der Waals surface area contributed by atoms with Crippen molar-refractivity contribution in [2.45, 2.75) is 74.9 Å². The zero-order valence-electron chi connectivity index (χ0n) is 20.4. The summed E-state index contributed by atoms with van der Waals surface area (Å²) in [5, 5.41) is -2.16. The molecular weight excluding hydrogens is 490 g/mol. The predicted octanol–water partition coefficient (Wildman–Crippen LogP) is 7.66. The van der Waals surface area contributed by atoms with Gasteiger partial charge in [0, 0.05) is 28.2 Å². The van der Waals surface area contributed by atoms with Gasteiger partial charge in [-0.1, -0.05) is 54.3 Å². The van der Waals surface area contributed by atoms with Gasteiger partial charge >= 0.3 is 15.4 Å². The lowest BCUT2D eigenvalue weighted by molar-refractivity contribution is 0.0441. The lowest BCUT2D eigenvalue weighted by Crippen LogP contribution is -2.35. The second kappa shape index (κ2) is 9.82. The van der Waals surface area contributed by atoms with Crippen molar-refractivity contribution in [2.24, 2.45) is 17.8 Å². The Morgan fingerprint density at radius 3 is 2.43 bits per heavy atom. The van der Waals surface area contributed by atoms with Gasteiger partial charge in [0.2, 0.25) is 0 Å². The number of ether oxygens (including phenoxy) is 1. The van der Waals surface area contributed by atoms with Crippen molar-refractivity contribution in [1.82, 2.24) is 0 Å². The maximum Gasteiger partial charge on any atom is 0.371 e. The van der Waals surface area contributed by atoms with Gasteiger partial charge in [-0.2, -0.15) is 17.2 Å². The van der Waals surface area contributed by atoms with E-state index in [0.29, 0.717) is 24.0 Å². The van der Waals surface area contributed by atoms with E-state index < -0.39 is 32.1 Å². The van der Waals surface area contributed by atoms with E-state index in [2.05, 4.69) is 6.92 Å². The molecule has 194 valence electrons. The average Bonchev–Trinajstić information content (AvgIpc) is 3.57. The summed E-state index contributed by atoms with van der Waals surface area (Å²) in [6.07, 6.45) is 6.60. The molecule has 2 bridgehead atoms. The Balaban J connectivity index is 1.45. The van der Waals surface area contributed by atoms with Crippen LogP contribution in [0.2, 0.25) is 0 Å². The van der Waals surface area contributed by atoms with Crippen molar-refractivity contribution in [3.63, 3.8) is 0 Å². The van der Waals surface area contributed by atoms with Crippen LogP contribution in [0.1, 0.15) is 64.7 Å². The Hall–Kier alpha value is -1.38. The minimum absolute atomic E-state index is 0.225.